The van der Waals surface area contributed by atoms with E-state index in [1.165, 1.54) is 25.7 Å². The van der Waals surface area contributed by atoms with Crippen LogP contribution in [0, 0.1) is 5.41 Å². The van der Waals surface area contributed by atoms with Crippen LogP contribution in [-0.4, -0.2) is 11.3 Å². The highest BCUT2D eigenvalue weighted by molar-refractivity contribution is 5.85. The van der Waals surface area contributed by atoms with Gasteiger partial charge in [0.05, 0.1) is 0 Å². The van der Waals surface area contributed by atoms with Gasteiger partial charge in [0.2, 0.25) is 0 Å². The highest BCUT2D eigenvalue weighted by Crippen LogP contribution is 2.31. The van der Waals surface area contributed by atoms with Crippen LogP contribution in [0.5, 0.6) is 0 Å². The zero-order chi connectivity index (χ0) is 12.8. The number of hydrogen-bond donors (Lipinski definition) is 1. The van der Waals surface area contributed by atoms with Crippen LogP contribution in [-0.2, 0) is 4.79 Å². The van der Waals surface area contributed by atoms with E-state index in [-0.39, 0.29) is 0 Å². The summed E-state index contributed by atoms with van der Waals surface area (Å²) >= 11 is 0. The summed E-state index contributed by atoms with van der Waals surface area (Å²) in [7, 11) is 0. The number of rotatable bonds is 8. The van der Waals surface area contributed by atoms with Gasteiger partial charge in [0.1, 0.15) is 5.78 Å². The van der Waals surface area contributed by atoms with Crippen molar-refractivity contribution in [1.29, 1.82) is 0 Å². The molecule has 2 N–H and O–H groups in total. The van der Waals surface area contributed by atoms with E-state index in [0.717, 1.165) is 6.42 Å². The molecule has 0 aromatic heterocycles. The Labute approximate surface area is 101 Å². The molecule has 0 heterocycles. The van der Waals surface area contributed by atoms with Gasteiger partial charge < -0.3 is 5.73 Å². The summed E-state index contributed by atoms with van der Waals surface area (Å²) in [4.78, 5) is 12.1. The third-order valence-corrected chi connectivity index (χ3v) is 3.82. The van der Waals surface area contributed by atoms with Gasteiger partial charge in [0.15, 0.2) is 0 Å². The molecule has 96 valence electrons. The molecule has 0 rings (SSSR count). The first kappa shape index (κ1) is 15.6. The fourth-order valence-electron chi connectivity index (χ4n) is 1.56. The minimum Gasteiger partial charge on any atom is -0.325 e. The Morgan fingerprint density at radius 1 is 1.00 bits per heavy atom. The van der Waals surface area contributed by atoms with E-state index >= 15 is 0 Å². The molecule has 2 nitrogen and oxygen atoms in total. The zero-order valence-electron chi connectivity index (χ0n) is 11.7. The molecule has 0 saturated heterocycles. The summed E-state index contributed by atoms with van der Waals surface area (Å²) in [5.41, 5.74) is 5.19. The topological polar surface area (TPSA) is 43.1 Å². The highest BCUT2D eigenvalue weighted by atomic mass is 16.1. The van der Waals surface area contributed by atoms with Gasteiger partial charge in [0.25, 0.3) is 0 Å². The van der Waals surface area contributed by atoms with Gasteiger partial charge in [-0.05, 0) is 20.3 Å². The molecule has 2 heteroatoms. The second-order valence-electron chi connectivity index (χ2n) is 5.93. The van der Waals surface area contributed by atoms with E-state index in [4.69, 9.17) is 5.73 Å². The number of nitrogens with two attached hydrogens (primary N) is 1. The molecule has 0 aliphatic carbocycles. The van der Waals surface area contributed by atoms with Crippen molar-refractivity contribution in [1.82, 2.24) is 0 Å². The quantitative estimate of drug-likeness (QED) is 0.643. The SMILES string of the molecule is CCCCCCCC(=O)C(C)(C)C(C)(C)N. The Morgan fingerprint density at radius 2 is 1.50 bits per heavy atom. The third-order valence-electron chi connectivity index (χ3n) is 3.82. The van der Waals surface area contributed by atoms with E-state index in [1.54, 1.807) is 0 Å². The fourth-order valence-corrected chi connectivity index (χ4v) is 1.56. The average molecular weight is 227 g/mol. The lowest BCUT2D eigenvalue weighted by atomic mass is 9.71. The van der Waals surface area contributed by atoms with E-state index in [0.29, 0.717) is 12.2 Å². The van der Waals surface area contributed by atoms with E-state index in [1.807, 2.05) is 27.7 Å². The molecule has 0 amide bonds. The molecule has 0 unspecified atom stereocenters. The Hall–Kier alpha value is -0.370. The second kappa shape index (κ2) is 6.39. The molecule has 0 radical (unpaired) electrons. The Kier molecular flexibility index (Phi) is 6.24. The van der Waals surface area contributed by atoms with Gasteiger partial charge in [-0.15, -0.1) is 0 Å². The molecule has 0 bridgehead atoms. The van der Waals surface area contributed by atoms with Gasteiger partial charge >= 0.3 is 0 Å². The largest absolute Gasteiger partial charge is 0.325 e. The van der Waals surface area contributed by atoms with Crippen LogP contribution in [0.25, 0.3) is 0 Å². The monoisotopic (exact) mass is 227 g/mol. The van der Waals surface area contributed by atoms with Crippen molar-refractivity contribution in [3.63, 3.8) is 0 Å². The number of carbonyl (C=O) groups excluding carboxylic acids is 1. The highest BCUT2D eigenvalue weighted by Gasteiger charge is 2.39. The molecule has 0 atom stereocenters. The summed E-state index contributed by atoms with van der Waals surface area (Å²) in [6.45, 7) is 9.98. The van der Waals surface area contributed by atoms with Crippen LogP contribution in [0.4, 0.5) is 0 Å². The molecule has 0 spiro atoms. The summed E-state index contributed by atoms with van der Waals surface area (Å²) in [5, 5.41) is 0. The molecule has 0 saturated carbocycles. The Balaban J connectivity index is 3.98. The molecule has 0 fully saturated rings. The van der Waals surface area contributed by atoms with Crippen molar-refractivity contribution < 1.29 is 4.79 Å². The zero-order valence-corrected chi connectivity index (χ0v) is 11.7. The van der Waals surface area contributed by atoms with E-state index < -0.39 is 11.0 Å². The van der Waals surface area contributed by atoms with Gasteiger partial charge in [-0.2, -0.15) is 0 Å². The molecule has 0 aromatic carbocycles. The van der Waals surface area contributed by atoms with E-state index in [9.17, 15) is 4.79 Å². The van der Waals surface area contributed by atoms with Gasteiger partial charge in [0, 0.05) is 17.4 Å². The van der Waals surface area contributed by atoms with Crippen LogP contribution >= 0.6 is 0 Å². The van der Waals surface area contributed by atoms with E-state index in [2.05, 4.69) is 6.92 Å². The normalized spacial score (nSPS) is 12.9. The van der Waals surface area contributed by atoms with Crippen LogP contribution in [0.15, 0.2) is 0 Å². The van der Waals surface area contributed by atoms with Crippen LogP contribution in [0.3, 0.4) is 0 Å². The summed E-state index contributed by atoms with van der Waals surface area (Å²) in [6.07, 6.45) is 6.63. The lowest BCUT2D eigenvalue weighted by Crippen LogP contribution is -2.51. The number of carbonyl (C=O) groups is 1. The minimum absolute atomic E-state index is 0.302. The lowest BCUT2D eigenvalue weighted by molar-refractivity contribution is -0.130. The van der Waals surface area contributed by atoms with Crippen LogP contribution in [0.1, 0.15) is 73.1 Å². The molecule has 0 aliphatic heterocycles. The number of Topliss-reactive ketones (excluding diaryl/α,β-unsaturated/α-hetero) is 1. The van der Waals surface area contributed by atoms with Gasteiger partial charge in [-0.3, -0.25) is 4.79 Å². The average Bonchev–Trinajstić information content (AvgIpc) is 2.15. The number of hydrogen-bond acceptors (Lipinski definition) is 2. The molecule has 0 aromatic rings. The van der Waals surface area contributed by atoms with Crippen molar-refractivity contribution in [3.8, 4) is 0 Å². The Bertz CT molecular complexity index is 213. The molecular weight excluding hydrogens is 198 g/mol. The maximum absolute atomic E-state index is 12.1. The summed E-state index contributed by atoms with van der Waals surface area (Å²) in [6, 6.07) is 0. The molecule has 0 aliphatic rings. The molecule has 16 heavy (non-hydrogen) atoms. The van der Waals surface area contributed by atoms with Gasteiger partial charge in [-0.1, -0.05) is 46.5 Å². The van der Waals surface area contributed by atoms with Crippen molar-refractivity contribution in [2.45, 2.75) is 78.7 Å². The third kappa shape index (κ3) is 4.65. The standard InChI is InChI=1S/C14H29NO/c1-6-7-8-9-10-11-12(16)13(2,3)14(4,5)15/h6-11,15H2,1-5H3. The predicted molar refractivity (Wildman–Crippen MR) is 70.4 cm³/mol. The number of unbranched alkanes of at least 4 members (excludes halogenated alkanes) is 4. The fraction of sp³-hybridized carbons (Fsp3) is 0.929. The minimum atomic E-state index is -0.437. The van der Waals surface area contributed by atoms with Crippen molar-refractivity contribution in [2.75, 3.05) is 0 Å². The lowest BCUT2D eigenvalue weighted by Gasteiger charge is -2.37. The summed E-state index contributed by atoms with van der Waals surface area (Å²) in [5.74, 6) is 0.302. The van der Waals surface area contributed by atoms with Crippen LogP contribution < -0.4 is 5.73 Å². The smallest absolute Gasteiger partial charge is 0.140 e. The first-order chi connectivity index (χ1) is 7.23. The number of ketones is 1. The predicted octanol–water partition coefficient (Wildman–Crippen LogP) is 3.68. The first-order valence-electron chi connectivity index (χ1n) is 6.55. The van der Waals surface area contributed by atoms with Crippen LogP contribution in [0.2, 0.25) is 0 Å². The van der Waals surface area contributed by atoms with Crippen molar-refractivity contribution in [2.24, 2.45) is 11.1 Å². The van der Waals surface area contributed by atoms with Crippen molar-refractivity contribution in [3.05, 3.63) is 0 Å². The second-order valence-corrected chi connectivity index (χ2v) is 5.93. The maximum atomic E-state index is 12.1. The summed E-state index contributed by atoms with van der Waals surface area (Å²) < 4.78 is 0. The maximum Gasteiger partial charge on any atom is 0.140 e. The first-order valence-corrected chi connectivity index (χ1v) is 6.55. The van der Waals surface area contributed by atoms with Crippen molar-refractivity contribution >= 4 is 5.78 Å². The van der Waals surface area contributed by atoms with Gasteiger partial charge in [-0.25, -0.2) is 0 Å². The molecular formula is C14H29NO. The Morgan fingerprint density at radius 3 is 1.94 bits per heavy atom.